The highest BCUT2D eigenvalue weighted by Crippen LogP contribution is 2.20. The lowest BCUT2D eigenvalue weighted by molar-refractivity contribution is -0.917. The van der Waals surface area contributed by atoms with E-state index in [4.69, 9.17) is 4.98 Å². The van der Waals surface area contributed by atoms with Crippen LogP contribution in [0.3, 0.4) is 0 Å². The minimum atomic E-state index is 0.0853. The number of quaternary nitrogens is 1. The number of para-hydroxylation sites is 1. The van der Waals surface area contributed by atoms with Gasteiger partial charge in [0.25, 0.3) is 5.91 Å². The Morgan fingerprint density at radius 3 is 2.79 bits per heavy atom. The number of aromatic nitrogens is 3. The van der Waals surface area contributed by atoms with E-state index in [1.165, 1.54) is 14.6 Å². The molecule has 0 spiro atoms. The van der Waals surface area contributed by atoms with Gasteiger partial charge >= 0.3 is 0 Å². The van der Waals surface area contributed by atoms with Crippen molar-refractivity contribution in [1.82, 2.24) is 19.7 Å². The predicted octanol–water partition coefficient (Wildman–Crippen LogP) is 0.571. The Morgan fingerprint density at radius 1 is 1.29 bits per heavy atom. The van der Waals surface area contributed by atoms with Crippen molar-refractivity contribution in [2.24, 2.45) is 7.05 Å². The zero-order chi connectivity index (χ0) is 16.5. The van der Waals surface area contributed by atoms with Crippen LogP contribution in [0, 0.1) is 0 Å². The van der Waals surface area contributed by atoms with Gasteiger partial charge in [-0.15, -0.1) is 11.3 Å². The fraction of sp³-hybridized carbons (Fsp3) is 0.353. The summed E-state index contributed by atoms with van der Waals surface area (Å²) in [6.07, 6.45) is 3.42. The highest BCUT2D eigenvalue weighted by molar-refractivity contribution is 7.18. The number of rotatable bonds is 3. The number of thiazole rings is 1. The number of hydrogen-bond acceptors (Lipinski definition) is 4. The second kappa shape index (κ2) is 6.33. The van der Waals surface area contributed by atoms with Crippen LogP contribution in [0.1, 0.15) is 15.4 Å². The number of hydrogen-bond donors (Lipinski definition) is 1. The number of aryl methyl sites for hydroxylation is 1. The van der Waals surface area contributed by atoms with Crippen molar-refractivity contribution in [3.05, 3.63) is 47.2 Å². The maximum absolute atomic E-state index is 12.4. The first-order valence-electron chi connectivity index (χ1n) is 8.15. The highest BCUT2D eigenvalue weighted by atomic mass is 32.1. The molecule has 1 fully saturated rings. The van der Waals surface area contributed by atoms with Gasteiger partial charge in [-0.1, -0.05) is 12.1 Å². The van der Waals surface area contributed by atoms with Gasteiger partial charge in [0, 0.05) is 13.2 Å². The van der Waals surface area contributed by atoms with Crippen molar-refractivity contribution in [3.63, 3.8) is 0 Å². The molecule has 6 nitrogen and oxygen atoms in total. The largest absolute Gasteiger partial charge is 0.327 e. The van der Waals surface area contributed by atoms with Crippen LogP contribution < -0.4 is 4.90 Å². The van der Waals surface area contributed by atoms with E-state index in [0.717, 1.165) is 38.2 Å². The summed E-state index contributed by atoms with van der Waals surface area (Å²) in [5.41, 5.74) is 1.76. The molecule has 1 aromatic carbocycles. The molecule has 24 heavy (non-hydrogen) atoms. The summed E-state index contributed by atoms with van der Waals surface area (Å²) in [5, 5.41) is 5.26. The van der Waals surface area contributed by atoms with Crippen LogP contribution in [-0.4, -0.2) is 51.8 Å². The maximum atomic E-state index is 12.4. The van der Waals surface area contributed by atoms with Crippen molar-refractivity contribution in [2.45, 2.75) is 6.54 Å². The summed E-state index contributed by atoms with van der Waals surface area (Å²) in [6, 6.07) is 8.27. The number of fused-ring (bicyclic) bond motifs is 1. The molecule has 0 radical (unpaired) electrons. The van der Waals surface area contributed by atoms with Crippen LogP contribution in [0.2, 0.25) is 0 Å². The van der Waals surface area contributed by atoms with Crippen LogP contribution in [0.4, 0.5) is 0 Å². The van der Waals surface area contributed by atoms with Crippen molar-refractivity contribution in [2.75, 3.05) is 26.2 Å². The molecule has 0 unspecified atom stereocenters. The van der Waals surface area contributed by atoms with E-state index in [1.807, 2.05) is 18.0 Å². The number of nitrogens with one attached hydrogen (secondary N) is 1. The first-order valence-corrected chi connectivity index (χ1v) is 8.96. The van der Waals surface area contributed by atoms with Gasteiger partial charge in [-0.3, -0.25) is 9.48 Å². The number of nitrogens with zero attached hydrogens (tertiary/aromatic N) is 4. The number of amides is 1. The lowest BCUT2D eigenvalue weighted by atomic mass is 10.2. The van der Waals surface area contributed by atoms with Crippen LogP contribution in [-0.2, 0) is 13.6 Å². The molecule has 1 N–H and O–H groups in total. The Balaban J connectivity index is 1.36. The lowest BCUT2D eigenvalue weighted by Crippen LogP contribution is -3.13. The average Bonchev–Trinajstić information content (AvgIpc) is 3.20. The van der Waals surface area contributed by atoms with E-state index in [2.05, 4.69) is 23.3 Å². The smallest absolute Gasteiger partial charge is 0.257 e. The highest BCUT2D eigenvalue weighted by Gasteiger charge is 2.25. The molecular formula is C17H20N5OS+. The number of carbonyl (C=O) groups is 1. The summed E-state index contributed by atoms with van der Waals surface area (Å²) < 4.78 is 2.92. The second-order valence-electron chi connectivity index (χ2n) is 6.20. The van der Waals surface area contributed by atoms with Crippen LogP contribution in [0.15, 0.2) is 36.7 Å². The zero-order valence-electron chi connectivity index (χ0n) is 13.6. The molecule has 0 aliphatic carbocycles. The third-order valence-electron chi connectivity index (χ3n) is 4.45. The Bertz CT molecular complexity index is 830. The van der Waals surface area contributed by atoms with Crippen molar-refractivity contribution >= 4 is 27.5 Å². The quantitative estimate of drug-likeness (QED) is 0.757. The van der Waals surface area contributed by atoms with Gasteiger partial charge < -0.3 is 9.80 Å². The van der Waals surface area contributed by atoms with Crippen LogP contribution in [0.25, 0.3) is 10.2 Å². The van der Waals surface area contributed by atoms with Crippen LogP contribution in [0.5, 0.6) is 0 Å². The molecule has 1 aliphatic rings. The number of benzene rings is 1. The third kappa shape index (κ3) is 3.05. The van der Waals surface area contributed by atoms with Crippen molar-refractivity contribution in [1.29, 1.82) is 0 Å². The van der Waals surface area contributed by atoms with Gasteiger partial charge in [-0.2, -0.15) is 5.10 Å². The number of carbonyl (C=O) groups excluding carboxylic acids is 1. The van der Waals surface area contributed by atoms with Crippen molar-refractivity contribution in [3.8, 4) is 0 Å². The minimum Gasteiger partial charge on any atom is -0.327 e. The Hall–Kier alpha value is -2.25. The van der Waals surface area contributed by atoms with Crippen LogP contribution >= 0.6 is 11.3 Å². The third-order valence-corrected chi connectivity index (χ3v) is 5.49. The molecule has 124 valence electrons. The SMILES string of the molecule is Cn1cc(C(=O)N2CC[NH+](Cc3nc4ccccc4s3)CC2)cn1. The Morgan fingerprint density at radius 2 is 2.08 bits per heavy atom. The second-order valence-corrected chi connectivity index (χ2v) is 7.31. The lowest BCUT2D eigenvalue weighted by Gasteiger charge is -2.31. The van der Waals surface area contributed by atoms with Gasteiger partial charge in [0.1, 0.15) is 11.6 Å². The fourth-order valence-corrected chi connectivity index (χ4v) is 4.17. The molecule has 2 aromatic heterocycles. The van der Waals surface area contributed by atoms with E-state index < -0.39 is 0 Å². The summed E-state index contributed by atoms with van der Waals surface area (Å²) >= 11 is 1.77. The molecule has 1 amide bonds. The molecule has 1 saturated heterocycles. The monoisotopic (exact) mass is 342 g/mol. The molecule has 1 aliphatic heterocycles. The summed E-state index contributed by atoms with van der Waals surface area (Å²) in [6.45, 7) is 4.43. The normalized spacial score (nSPS) is 16.0. The molecular weight excluding hydrogens is 322 g/mol. The molecule has 0 bridgehead atoms. The maximum Gasteiger partial charge on any atom is 0.257 e. The molecule has 4 rings (SSSR count). The van der Waals surface area contributed by atoms with E-state index in [0.29, 0.717) is 5.56 Å². The van der Waals surface area contributed by atoms with E-state index in [9.17, 15) is 4.79 Å². The molecule has 0 saturated carbocycles. The van der Waals surface area contributed by atoms with E-state index in [1.54, 1.807) is 28.4 Å². The fourth-order valence-electron chi connectivity index (χ4n) is 3.13. The standard InChI is InChI=1S/C17H19N5OS/c1-20-11-13(10-18-20)17(23)22-8-6-21(7-9-22)12-16-19-14-4-2-3-5-15(14)24-16/h2-5,10-11H,6-9,12H2,1H3/p+1. The summed E-state index contributed by atoms with van der Waals surface area (Å²) in [7, 11) is 1.83. The van der Waals surface area contributed by atoms with Gasteiger partial charge in [0.2, 0.25) is 0 Å². The average molecular weight is 342 g/mol. The van der Waals surface area contributed by atoms with Gasteiger partial charge in [0.05, 0.1) is 48.2 Å². The zero-order valence-corrected chi connectivity index (χ0v) is 14.4. The van der Waals surface area contributed by atoms with Gasteiger partial charge in [0.15, 0.2) is 0 Å². The number of piperazine rings is 1. The molecule has 3 aromatic rings. The van der Waals surface area contributed by atoms with Crippen molar-refractivity contribution < 1.29 is 9.69 Å². The Kier molecular flexibility index (Phi) is 4.03. The van der Waals surface area contributed by atoms with Gasteiger partial charge in [-0.05, 0) is 12.1 Å². The van der Waals surface area contributed by atoms with E-state index >= 15 is 0 Å². The Labute approximate surface area is 144 Å². The van der Waals surface area contributed by atoms with Gasteiger partial charge in [-0.25, -0.2) is 4.98 Å². The van der Waals surface area contributed by atoms with E-state index in [-0.39, 0.29) is 5.91 Å². The first kappa shape index (κ1) is 15.3. The first-order chi connectivity index (χ1) is 11.7. The summed E-state index contributed by atoms with van der Waals surface area (Å²) in [4.78, 5) is 20.6. The summed E-state index contributed by atoms with van der Waals surface area (Å²) in [5.74, 6) is 0.0853. The topological polar surface area (TPSA) is 55.5 Å². The molecule has 3 heterocycles. The predicted molar refractivity (Wildman–Crippen MR) is 93.1 cm³/mol. The minimum absolute atomic E-state index is 0.0853. The molecule has 0 atom stereocenters. The molecule has 7 heteroatoms.